The maximum atomic E-state index is 13.4. The molecule has 0 spiro atoms. The molecule has 1 aliphatic heterocycles. The number of hydrogen-bond donors (Lipinski definition) is 0. The lowest BCUT2D eigenvalue weighted by Gasteiger charge is -2.35. The van der Waals surface area contributed by atoms with Crippen molar-refractivity contribution in [3.05, 3.63) is 107 Å². The summed E-state index contributed by atoms with van der Waals surface area (Å²) in [6.07, 6.45) is 0.433. The van der Waals surface area contributed by atoms with E-state index < -0.39 is 0 Å². The molecule has 0 aliphatic carbocycles. The smallest absolute Gasteiger partial charge is 0.228 e. The molecule has 0 aromatic heterocycles. The molecule has 160 valence electrons. The Morgan fingerprint density at radius 1 is 0.938 bits per heavy atom. The highest BCUT2D eigenvalue weighted by atomic mass is 35.5. The maximum absolute atomic E-state index is 13.4. The fraction of sp³-hybridized carbons (Fsp3) is 0.179. The van der Waals surface area contributed by atoms with Gasteiger partial charge >= 0.3 is 0 Å². The van der Waals surface area contributed by atoms with Crippen molar-refractivity contribution in [1.82, 2.24) is 0 Å². The number of benzene rings is 4. The average molecular weight is 442 g/mol. The third kappa shape index (κ3) is 3.85. The molecule has 1 unspecified atom stereocenters. The van der Waals surface area contributed by atoms with Gasteiger partial charge in [0.05, 0.1) is 13.2 Å². The summed E-state index contributed by atoms with van der Waals surface area (Å²) in [7, 11) is 0. The van der Waals surface area contributed by atoms with Crippen LogP contribution >= 0.6 is 11.6 Å². The molecule has 4 aromatic rings. The zero-order chi connectivity index (χ0) is 22.1. The van der Waals surface area contributed by atoms with Crippen LogP contribution in [0.3, 0.4) is 0 Å². The molecule has 5 rings (SSSR count). The molecule has 0 N–H and O–H groups in total. The molecule has 0 radical (unpaired) electrons. The number of halogens is 1. The zero-order valence-corrected chi connectivity index (χ0v) is 18.7. The van der Waals surface area contributed by atoms with Crippen LogP contribution in [0.2, 0.25) is 5.02 Å². The highest BCUT2D eigenvalue weighted by molar-refractivity contribution is 6.30. The number of amides is 1. The third-order valence-corrected chi connectivity index (χ3v) is 6.37. The molecule has 1 amide bonds. The lowest BCUT2D eigenvalue weighted by molar-refractivity contribution is -0.119. The van der Waals surface area contributed by atoms with Crippen LogP contribution in [0, 0.1) is 0 Å². The van der Waals surface area contributed by atoms with Crippen LogP contribution in [0.5, 0.6) is 5.75 Å². The van der Waals surface area contributed by atoms with E-state index in [0.29, 0.717) is 24.6 Å². The van der Waals surface area contributed by atoms with Crippen molar-refractivity contribution in [2.45, 2.75) is 25.8 Å². The van der Waals surface area contributed by atoms with Crippen molar-refractivity contribution in [2.75, 3.05) is 11.5 Å². The molecule has 1 atom stereocenters. The monoisotopic (exact) mass is 441 g/mol. The summed E-state index contributed by atoms with van der Waals surface area (Å²) < 4.78 is 5.62. The van der Waals surface area contributed by atoms with Gasteiger partial charge in [0.2, 0.25) is 5.91 Å². The Bertz CT molecular complexity index is 1270. The lowest BCUT2D eigenvalue weighted by atomic mass is 9.81. The van der Waals surface area contributed by atoms with E-state index in [-0.39, 0.29) is 11.8 Å². The minimum absolute atomic E-state index is 0.000689. The Kier molecular flexibility index (Phi) is 5.59. The summed E-state index contributed by atoms with van der Waals surface area (Å²) in [5.74, 6) is 0.975. The third-order valence-electron chi connectivity index (χ3n) is 6.11. The van der Waals surface area contributed by atoms with E-state index in [1.165, 1.54) is 16.3 Å². The van der Waals surface area contributed by atoms with E-state index >= 15 is 0 Å². The van der Waals surface area contributed by atoms with Crippen molar-refractivity contribution in [3.8, 4) is 5.75 Å². The maximum Gasteiger partial charge on any atom is 0.228 e. The van der Waals surface area contributed by atoms with E-state index in [4.69, 9.17) is 16.3 Å². The Morgan fingerprint density at radius 3 is 2.44 bits per heavy atom. The zero-order valence-electron chi connectivity index (χ0n) is 17.9. The Balaban J connectivity index is 1.62. The van der Waals surface area contributed by atoms with Gasteiger partial charge in [-0.3, -0.25) is 4.79 Å². The van der Waals surface area contributed by atoms with Gasteiger partial charge < -0.3 is 9.64 Å². The van der Waals surface area contributed by atoms with Crippen LogP contribution in [0.4, 0.5) is 5.69 Å². The molecule has 0 saturated heterocycles. The first-order valence-electron chi connectivity index (χ1n) is 10.9. The Hall–Kier alpha value is -3.30. The second kappa shape index (κ2) is 8.68. The summed E-state index contributed by atoms with van der Waals surface area (Å²) in [5, 5.41) is 3.07. The van der Waals surface area contributed by atoms with Gasteiger partial charge in [0.1, 0.15) is 5.75 Å². The first-order chi connectivity index (χ1) is 15.6. The lowest BCUT2D eigenvalue weighted by Crippen LogP contribution is -2.36. The first-order valence-corrected chi connectivity index (χ1v) is 11.3. The molecule has 1 heterocycles. The largest absolute Gasteiger partial charge is 0.494 e. The number of hydrogen-bond acceptors (Lipinski definition) is 2. The van der Waals surface area contributed by atoms with Crippen LogP contribution in [-0.4, -0.2) is 12.5 Å². The van der Waals surface area contributed by atoms with Crippen molar-refractivity contribution < 1.29 is 9.53 Å². The number of rotatable bonds is 5. The predicted molar refractivity (Wildman–Crippen MR) is 131 cm³/mol. The SMILES string of the molecule is CCOc1ccc(C2CC(=O)N(Cc3ccc(Cl)cc3)c3ccc4ccccc4c32)cc1. The quantitative estimate of drug-likeness (QED) is 0.335. The molecular formula is C28H24ClNO2. The molecule has 32 heavy (non-hydrogen) atoms. The molecule has 1 aliphatic rings. The van der Waals surface area contributed by atoms with E-state index in [9.17, 15) is 4.79 Å². The molecule has 3 nitrogen and oxygen atoms in total. The van der Waals surface area contributed by atoms with Gasteiger partial charge in [0, 0.05) is 23.0 Å². The summed E-state index contributed by atoms with van der Waals surface area (Å²) in [4.78, 5) is 15.3. The topological polar surface area (TPSA) is 29.5 Å². The fourth-order valence-electron chi connectivity index (χ4n) is 4.60. The summed E-state index contributed by atoms with van der Waals surface area (Å²) in [6, 6.07) is 28.5. The van der Waals surface area contributed by atoms with Crippen molar-refractivity contribution >= 4 is 34.0 Å². The fourth-order valence-corrected chi connectivity index (χ4v) is 4.73. The second-order valence-electron chi connectivity index (χ2n) is 8.08. The highest BCUT2D eigenvalue weighted by Crippen LogP contribution is 2.44. The Morgan fingerprint density at radius 2 is 1.69 bits per heavy atom. The summed E-state index contributed by atoms with van der Waals surface area (Å²) in [5.41, 5.74) is 4.38. The van der Waals surface area contributed by atoms with Crippen LogP contribution in [0.25, 0.3) is 10.8 Å². The molecule has 0 bridgehead atoms. The number of anilines is 1. The van der Waals surface area contributed by atoms with Gasteiger partial charge in [-0.1, -0.05) is 66.2 Å². The minimum Gasteiger partial charge on any atom is -0.494 e. The molecule has 4 heteroatoms. The standard InChI is InChI=1S/C28H24ClNO2/c1-2-32-23-14-9-21(10-15-23)25-17-27(31)30(18-19-7-12-22(29)13-8-19)26-16-11-20-5-3-4-6-24(20)28(25)26/h3-16,25H,2,17-18H2,1H3. The van der Waals surface area contributed by atoms with Gasteiger partial charge in [-0.05, 0) is 64.7 Å². The number of carbonyl (C=O) groups excluding carboxylic acids is 1. The number of carbonyl (C=O) groups is 1. The molecular weight excluding hydrogens is 418 g/mol. The van der Waals surface area contributed by atoms with Gasteiger partial charge in [0.25, 0.3) is 0 Å². The van der Waals surface area contributed by atoms with E-state index in [2.05, 4.69) is 48.5 Å². The molecule has 0 fully saturated rings. The number of ether oxygens (including phenoxy) is 1. The van der Waals surface area contributed by atoms with E-state index in [0.717, 1.165) is 22.6 Å². The van der Waals surface area contributed by atoms with Crippen molar-refractivity contribution in [3.63, 3.8) is 0 Å². The van der Waals surface area contributed by atoms with Crippen LogP contribution in [-0.2, 0) is 11.3 Å². The van der Waals surface area contributed by atoms with Crippen molar-refractivity contribution in [2.24, 2.45) is 0 Å². The number of fused-ring (bicyclic) bond motifs is 3. The van der Waals surface area contributed by atoms with Crippen LogP contribution in [0.15, 0.2) is 84.9 Å². The minimum atomic E-state index is 0.000689. The normalized spacial score (nSPS) is 15.6. The van der Waals surface area contributed by atoms with E-state index in [1.54, 1.807) is 0 Å². The van der Waals surface area contributed by atoms with E-state index in [1.807, 2.05) is 48.2 Å². The number of nitrogens with zero attached hydrogens (tertiary/aromatic N) is 1. The highest BCUT2D eigenvalue weighted by Gasteiger charge is 2.33. The van der Waals surface area contributed by atoms with Crippen LogP contribution in [0.1, 0.15) is 36.0 Å². The Labute approximate surface area is 193 Å². The van der Waals surface area contributed by atoms with Gasteiger partial charge in [-0.2, -0.15) is 0 Å². The average Bonchev–Trinajstić information content (AvgIpc) is 2.82. The molecule has 0 saturated carbocycles. The van der Waals surface area contributed by atoms with Gasteiger partial charge in [-0.15, -0.1) is 0 Å². The predicted octanol–water partition coefficient (Wildman–Crippen LogP) is 6.96. The first kappa shape index (κ1) is 20.6. The summed E-state index contributed by atoms with van der Waals surface area (Å²) in [6.45, 7) is 3.14. The summed E-state index contributed by atoms with van der Waals surface area (Å²) >= 11 is 6.06. The molecule has 4 aromatic carbocycles. The second-order valence-corrected chi connectivity index (χ2v) is 8.52. The van der Waals surface area contributed by atoms with Gasteiger partial charge in [-0.25, -0.2) is 0 Å². The van der Waals surface area contributed by atoms with Crippen LogP contribution < -0.4 is 9.64 Å². The van der Waals surface area contributed by atoms with Crippen molar-refractivity contribution in [1.29, 1.82) is 0 Å². The van der Waals surface area contributed by atoms with Gasteiger partial charge in [0.15, 0.2) is 0 Å².